The predicted molar refractivity (Wildman–Crippen MR) is 50.5 cm³/mol. The van der Waals surface area contributed by atoms with E-state index in [-0.39, 0.29) is 18.1 Å². The van der Waals surface area contributed by atoms with Gasteiger partial charge in [0.1, 0.15) is 6.10 Å². The van der Waals surface area contributed by atoms with Gasteiger partial charge in [-0.05, 0) is 26.8 Å². The highest BCUT2D eigenvalue weighted by atomic mass is 16.5. The number of rotatable bonds is 4. The lowest BCUT2D eigenvalue weighted by molar-refractivity contribution is -0.131. The van der Waals surface area contributed by atoms with Crippen LogP contribution in [0.25, 0.3) is 0 Å². The molecule has 0 radical (unpaired) electrons. The number of carbonyl (C=O) groups is 1. The van der Waals surface area contributed by atoms with Gasteiger partial charge in [0.05, 0.1) is 6.10 Å². The van der Waals surface area contributed by atoms with Crippen molar-refractivity contribution in [2.45, 2.75) is 32.0 Å². The van der Waals surface area contributed by atoms with Gasteiger partial charge in [0.2, 0.25) is 5.91 Å². The maximum atomic E-state index is 11.4. The number of carbonyl (C=O) groups excluding carboxylic acids is 1. The normalized spacial score (nSPS) is 27.5. The summed E-state index contributed by atoms with van der Waals surface area (Å²) in [5.74, 6) is 0.0274. The third-order valence-corrected chi connectivity index (χ3v) is 2.20. The van der Waals surface area contributed by atoms with Crippen molar-refractivity contribution < 1.29 is 9.53 Å². The second-order valence-electron chi connectivity index (χ2n) is 3.41. The first-order valence-electron chi connectivity index (χ1n) is 4.82. The van der Waals surface area contributed by atoms with Gasteiger partial charge in [-0.15, -0.1) is 0 Å². The van der Waals surface area contributed by atoms with Crippen LogP contribution in [0.2, 0.25) is 0 Å². The summed E-state index contributed by atoms with van der Waals surface area (Å²) in [5.41, 5.74) is 0. The standard InChI is InChI=1S/C9H18N2O2/c1-7-3-4-8(13-7)9(12)11-6-5-10-2/h7-8,10H,3-6H2,1-2H3,(H,11,12). The van der Waals surface area contributed by atoms with Gasteiger partial charge in [-0.3, -0.25) is 4.79 Å². The van der Waals surface area contributed by atoms with Crippen molar-refractivity contribution in [3.63, 3.8) is 0 Å². The monoisotopic (exact) mass is 186 g/mol. The molecule has 2 unspecified atom stereocenters. The topological polar surface area (TPSA) is 50.4 Å². The molecule has 1 fully saturated rings. The highest BCUT2D eigenvalue weighted by molar-refractivity contribution is 5.80. The largest absolute Gasteiger partial charge is 0.365 e. The molecule has 0 saturated carbocycles. The molecule has 1 rings (SSSR count). The Balaban J connectivity index is 2.16. The Kier molecular flexibility index (Phi) is 4.18. The fourth-order valence-electron chi connectivity index (χ4n) is 1.42. The van der Waals surface area contributed by atoms with Crippen molar-refractivity contribution in [1.82, 2.24) is 10.6 Å². The minimum Gasteiger partial charge on any atom is -0.365 e. The minimum atomic E-state index is -0.216. The molecule has 4 heteroatoms. The Morgan fingerprint density at radius 1 is 1.46 bits per heavy atom. The minimum absolute atomic E-state index is 0.0274. The summed E-state index contributed by atoms with van der Waals surface area (Å²) in [4.78, 5) is 11.4. The van der Waals surface area contributed by atoms with Crippen LogP contribution in [-0.4, -0.2) is 38.3 Å². The number of amides is 1. The maximum absolute atomic E-state index is 11.4. The molecular weight excluding hydrogens is 168 g/mol. The molecule has 1 saturated heterocycles. The number of hydrogen-bond donors (Lipinski definition) is 2. The third kappa shape index (κ3) is 3.32. The van der Waals surface area contributed by atoms with E-state index in [1.807, 2.05) is 14.0 Å². The van der Waals surface area contributed by atoms with E-state index in [0.717, 1.165) is 19.4 Å². The molecule has 0 aromatic heterocycles. The van der Waals surface area contributed by atoms with E-state index in [1.165, 1.54) is 0 Å². The van der Waals surface area contributed by atoms with Crippen LogP contribution in [0.4, 0.5) is 0 Å². The number of likely N-dealkylation sites (N-methyl/N-ethyl adjacent to an activating group) is 1. The first kappa shape index (κ1) is 10.5. The summed E-state index contributed by atoms with van der Waals surface area (Å²) in [6, 6.07) is 0. The first-order valence-corrected chi connectivity index (χ1v) is 4.82. The van der Waals surface area contributed by atoms with Crippen LogP contribution >= 0.6 is 0 Å². The van der Waals surface area contributed by atoms with E-state index >= 15 is 0 Å². The first-order chi connectivity index (χ1) is 6.24. The van der Waals surface area contributed by atoms with Crippen LogP contribution in [0.15, 0.2) is 0 Å². The highest BCUT2D eigenvalue weighted by Crippen LogP contribution is 2.18. The smallest absolute Gasteiger partial charge is 0.249 e. The summed E-state index contributed by atoms with van der Waals surface area (Å²) in [6.07, 6.45) is 1.86. The number of hydrogen-bond acceptors (Lipinski definition) is 3. The molecule has 1 heterocycles. The molecule has 0 spiro atoms. The highest BCUT2D eigenvalue weighted by Gasteiger charge is 2.27. The molecule has 0 aromatic carbocycles. The lowest BCUT2D eigenvalue weighted by Crippen LogP contribution is -2.37. The lowest BCUT2D eigenvalue weighted by atomic mass is 10.2. The van der Waals surface area contributed by atoms with Gasteiger partial charge in [0.25, 0.3) is 0 Å². The fourth-order valence-corrected chi connectivity index (χ4v) is 1.42. The molecule has 2 N–H and O–H groups in total. The SMILES string of the molecule is CNCCNC(=O)C1CCC(C)O1. The molecule has 76 valence electrons. The second-order valence-corrected chi connectivity index (χ2v) is 3.41. The van der Waals surface area contributed by atoms with E-state index in [9.17, 15) is 4.79 Å². The molecular formula is C9H18N2O2. The molecule has 0 bridgehead atoms. The van der Waals surface area contributed by atoms with Gasteiger partial charge < -0.3 is 15.4 Å². The van der Waals surface area contributed by atoms with Crippen LogP contribution in [0.1, 0.15) is 19.8 Å². The lowest BCUT2D eigenvalue weighted by Gasteiger charge is -2.11. The van der Waals surface area contributed by atoms with Crippen molar-refractivity contribution >= 4 is 5.91 Å². The molecule has 13 heavy (non-hydrogen) atoms. The van der Waals surface area contributed by atoms with Crippen LogP contribution in [0.5, 0.6) is 0 Å². The molecule has 1 aliphatic heterocycles. The Bertz CT molecular complexity index is 173. The number of nitrogens with one attached hydrogen (secondary N) is 2. The molecule has 0 aromatic rings. The van der Waals surface area contributed by atoms with Crippen molar-refractivity contribution in [3.05, 3.63) is 0 Å². The van der Waals surface area contributed by atoms with E-state index in [2.05, 4.69) is 10.6 Å². The van der Waals surface area contributed by atoms with Crippen molar-refractivity contribution in [2.75, 3.05) is 20.1 Å². The Morgan fingerprint density at radius 3 is 2.77 bits per heavy atom. The van der Waals surface area contributed by atoms with E-state index in [0.29, 0.717) is 6.54 Å². The average molecular weight is 186 g/mol. The Hall–Kier alpha value is -0.610. The van der Waals surface area contributed by atoms with E-state index in [1.54, 1.807) is 0 Å². The number of ether oxygens (including phenoxy) is 1. The average Bonchev–Trinajstić information content (AvgIpc) is 2.52. The molecule has 2 atom stereocenters. The zero-order valence-corrected chi connectivity index (χ0v) is 8.30. The van der Waals surface area contributed by atoms with Gasteiger partial charge in [-0.25, -0.2) is 0 Å². The van der Waals surface area contributed by atoms with E-state index < -0.39 is 0 Å². The molecule has 1 aliphatic rings. The van der Waals surface area contributed by atoms with Gasteiger partial charge in [-0.1, -0.05) is 0 Å². The van der Waals surface area contributed by atoms with Crippen molar-refractivity contribution in [2.24, 2.45) is 0 Å². The van der Waals surface area contributed by atoms with Crippen LogP contribution < -0.4 is 10.6 Å². The molecule has 1 amide bonds. The molecule has 0 aliphatic carbocycles. The summed E-state index contributed by atoms with van der Waals surface area (Å²) in [5, 5.41) is 5.79. The Labute approximate surface area is 79.0 Å². The van der Waals surface area contributed by atoms with Gasteiger partial charge in [0.15, 0.2) is 0 Å². The van der Waals surface area contributed by atoms with Gasteiger partial charge in [-0.2, -0.15) is 0 Å². The van der Waals surface area contributed by atoms with Crippen molar-refractivity contribution in [3.8, 4) is 0 Å². The fraction of sp³-hybridized carbons (Fsp3) is 0.889. The van der Waals surface area contributed by atoms with Crippen LogP contribution in [0.3, 0.4) is 0 Å². The summed E-state index contributed by atoms with van der Waals surface area (Å²) < 4.78 is 5.42. The Morgan fingerprint density at radius 2 is 2.23 bits per heavy atom. The van der Waals surface area contributed by atoms with E-state index in [4.69, 9.17) is 4.74 Å². The zero-order chi connectivity index (χ0) is 9.68. The van der Waals surface area contributed by atoms with Crippen molar-refractivity contribution in [1.29, 1.82) is 0 Å². The van der Waals surface area contributed by atoms with Crippen LogP contribution in [-0.2, 0) is 9.53 Å². The molecule has 4 nitrogen and oxygen atoms in total. The van der Waals surface area contributed by atoms with Gasteiger partial charge in [0, 0.05) is 13.1 Å². The predicted octanol–water partition coefficient (Wildman–Crippen LogP) is -0.110. The summed E-state index contributed by atoms with van der Waals surface area (Å²) in [6.45, 7) is 3.47. The summed E-state index contributed by atoms with van der Waals surface area (Å²) in [7, 11) is 1.86. The summed E-state index contributed by atoms with van der Waals surface area (Å²) >= 11 is 0. The second kappa shape index (κ2) is 5.19. The van der Waals surface area contributed by atoms with Crippen LogP contribution in [0, 0.1) is 0 Å². The third-order valence-electron chi connectivity index (χ3n) is 2.20. The maximum Gasteiger partial charge on any atom is 0.249 e. The quantitative estimate of drug-likeness (QED) is 0.602. The zero-order valence-electron chi connectivity index (χ0n) is 8.30. The van der Waals surface area contributed by atoms with Gasteiger partial charge >= 0.3 is 0 Å².